The Morgan fingerprint density at radius 3 is 2.43 bits per heavy atom. The molecule has 4 bridgehead atoms. The zero-order valence-corrected chi connectivity index (χ0v) is 12.6. The van der Waals surface area contributed by atoms with Gasteiger partial charge in [0.1, 0.15) is 0 Å². The minimum atomic E-state index is 0.393. The fourth-order valence-electron chi connectivity index (χ4n) is 6.02. The van der Waals surface area contributed by atoms with Gasteiger partial charge in [0.25, 0.3) is 0 Å². The van der Waals surface area contributed by atoms with Crippen molar-refractivity contribution in [2.24, 2.45) is 29.6 Å². The summed E-state index contributed by atoms with van der Waals surface area (Å²) in [5.74, 6) is 7.18. The van der Waals surface area contributed by atoms with Crippen LogP contribution in [0.2, 0.25) is 0 Å². The summed E-state index contributed by atoms with van der Waals surface area (Å²) in [6.45, 7) is 0.393. The van der Waals surface area contributed by atoms with Crippen LogP contribution in [0.15, 0.2) is 18.2 Å². The Balaban J connectivity index is 1.32. The summed E-state index contributed by atoms with van der Waals surface area (Å²) in [5.41, 5.74) is 1.36. The third kappa shape index (κ3) is 1.98. The van der Waals surface area contributed by atoms with Gasteiger partial charge < -0.3 is 9.47 Å². The molecule has 1 heterocycles. The standard InChI is InChI=1S/C19H24O2/c1-2-14(19-18(3-1)20-11-21-19)4-5-17-15-7-12-6-13(9-15)10-16(17)8-12/h1-3,12-13,15-17H,4-11H2. The molecule has 4 saturated carbocycles. The van der Waals surface area contributed by atoms with Gasteiger partial charge in [0.2, 0.25) is 6.79 Å². The molecule has 2 nitrogen and oxygen atoms in total. The molecule has 0 amide bonds. The third-order valence-electron chi connectivity index (χ3n) is 6.65. The zero-order valence-electron chi connectivity index (χ0n) is 12.6. The molecule has 21 heavy (non-hydrogen) atoms. The molecule has 4 fully saturated rings. The maximum absolute atomic E-state index is 5.67. The van der Waals surface area contributed by atoms with Crippen LogP contribution >= 0.6 is 0 Å². The lowest BCUT2D eigenvalue weighted by atomic mass is 9.51. The van der Waals surface area contributed by atoms with E-state index in [2.05, 4.69) is 12.1 Å². The fourth-order valence-corrected chi connectivity index (χ4v) is 6.02. The summed E-state index contributed by atoms with van der Waals surface area (Å²) in [7, 11) is 0. The molecule has 1 aromatic rings. The molecule has 1 aromatic carbocycles. The molecule has 6 rings (SSSR count). The molecule has 0 radical (unpaired) electrons. The molecule has 0 spiro atoms. The van der Waals surface area contributed by atoms with Crippen LogP contribution in [0, 0.1) is 29.6 Å². The molecule has 4 aliphatic carbocycles. The molecule has 112 valence electrons. The lowest BCUT2D eigenvalue weighted by molar-refractivity contribution is -0.0394. The lowest BCUT2D eigenvalue weighted by Gasteiger charge is -2.54. The second kappa shape index (κ2) is 4.66. The molecule has 1 aliphatic heterocycles. The van der Waals surface area contributed by atoms with Crippen LogP contribution in [0.25, 0.3) is 0 Å². The first kappa shape index (κ1) is 12.4. The predicted molar refractivity (Wildman–Crippen MR) is 81.4 cm³/mol. The van der Waals surface area contributed by atoms with E-state index in [-0.39, 0.29) is 0 Å². The molecule has 0 atom stereocenters. The quantitative estimate of drug-likeness (QED) is 0.818. The molecule has 5 aliphatic rings. The van der Waals surface area contributed by atoms with Crippen molar-refractivity contribution < 1.29 is 9.47 Å². The van der Waals surface area contributed by atoms with E-state index in [9.17, 15) is 0 Å². The normalized spacial score (nSPS) is 39.0. The van der Waals surface area contributed by atoms with Gasteiger partial charge in [0.15, 0.2) is 11.5 Å². The number of ether oxygens (including phenoxy) is 2. The van der Waals surface area contributed by atoms with E-state index in [4.69, 9.17) is 9.47 Å². The lowest BCUT2D eigenvalue weighted by Crippen LogP contribution is -2.45. The molecular formula is C19H24O2. The number of hydrogen-bond acceptors (Lipinski definition) is 2. The van der Waals surface area contributed by atoms with Gasteiger partial charge in [-0.25, -0.2) is 0 Å². The minimum Gasteiger partial charge on any atom is -0.454 e. The van der Waals surface area contributed by atoms with E-state index in [0.29, 0.717) is 6.79 Å². The largest absolute Gasteiger partial charge is 0.454 e. The smallest absolute Gasteiger partial charge is 0.231 e. The van der Waals surface area contributed by atoms with Gasteiger partial charge >= 0.3 is 0 Å². The van der Waals surface area contributed by atoms with Gasteiger partial charge in [0, 0.05) is 0 Å². The number of aryl methyl sites for hydroxylation is 1. The van der Waals surface area contributed by atoms with E-state index in [1.807, 2.05) is 6.07 Å². The highest BCUT2D eigenvalue weighted by Gasteiger charge is 2.47. The first-order valence-corrected chi connectivity index (χ1v) is 8.74. The molecule has 2 heteroatoms. The molecule has 0 saturated heterocycles. The molecule has 0 unspecified atom stereocenters. The van der Waals surface area contributed by atoms with Crippen molar-refractivity contribution in [3.05, 3.63) is 23.8 Å². The summed E-state index contributed by atoms with van der Waals surface area (Å²) in [5, 5.41) is 0. The van der Waals surface area contributed by atoms with Crippen LogP contribution in [0.3, 0.4) is 0 Å². The highest BCUT2D eigenvalue weighted by atomic mass is 16.7. The fraction of sp³-hybridized carbons (Fsp3) is 0.684. The minimum absolute atomic E-state index is 0.393. The van der Waals surface area contributed by atoms with Crippen molar-refractivity contribution in [1.29, 1.82) is 0 Å². The first-order valence-electron chi connectivity index (χ1n) is 8.74. The van der Waals surface area contributed by atoms with Gasteiger partial charge in [-0.05, 0) is 86.2 Å². The Labute approximate surface area is 126 Å². The van der Waals surface area contributed by atoms with Crippen molar-refractivity contribution in [3.8, 4) is 11.5 Å². The second-order valence-electron chi connectivity index (χ2n) is 7.78. The summed E-state index contributed by atoms with van der Waals surface area (Å²) >= 11 is 0. The number of benzene rings is 1. The molecule has 0 aromatic heterocycles. The van der Waals surface area contributed by atoms with Gasteiger partial charge in [-0.2, -0.15) is 0 Å². The Bertz CT molecular complexity index is 522. The van der Waals surface area contributed by atoms with Crippen LogP contribution in [0.1, 0.15) is 44.1 Å². The Morgan fingerprint density at radius 2 is 1.67 bits per heavy atom. The summed E-state index contributed by atoms with van der Waals surface area (Å²) in [4.78, 5) is 0. The third-order valence-corrected chi connectivity index (χ3v) is 6.65. The second-order valence-corrected chi connectivity index (χ2v) is 7.78. The average Bonchev–Trinajstić information content (AvgIpc) is 2.95. The van der Waals surface area contributed by atoms with Crippen molar-refractivity contribution in [1.82, 2.24) is 0 Å². The Kier molecular flexibility index (Phi) is 2.74. The van der Waals surface area contributed by atoms with Crippen molar-refractivity contribution >= 4 is 0 Å². The molecule has 0 N–H and O–H groups in total. The zero-order chi connectivity index (χ0) is 13.8. The number of fused-ring (bicyclic) bond motifs is 1. The van der Waals surface area contributed by atoms with Gasteiger partial charge in [0.05, 0.1) is 0 Å². The van der Waals surface area contributed by atoms with Crippen molar-refractivity contribution in [2.75, 3.05) is 6.79 Å². The molecular weight excluding hydrogens is 260 g/mol. The van der Waals surface area contributed by atoms with E-state index in [1.54, 1.807) is 6.42 Å². The first-order chi connectivity index (χ1) is 10.4. The number of para-hydroxylation sites is 1. The van der Waals surface area contributed by atoms with Crippen LogP contribution in [-0.4, -0.2) is 6.79 Å². The van der Waals surface area contributed by atoms with E-state index >= 15 is 0 Å². The number of rotatable bonds is 3. The summed E-state index contributed by atoms with van der Waals surface area (Å²) < 4.78 is 11.2. The predicted octanol–water partition coefficient (Wildman–Crippen LogP) is 4.42. The average molecular weight is 284 g/mol. The Hall–Kier alpha value is -1.18. The highest BCUT2D eigenvalue weighted by Crippen LogP contribution is 2.57. The van der Waals surface area contributed by atoms with Gasteiger partial charge in [-0.1, -0.05) is 12.1 Å². The van der Waals surface area contributed by atoms with Crippen LogP contribution in [0.5, 0.6) is 11.5 Å². The van der Waals surface area contributed by atoms with E-state index in [0.717, 1.165) is 41.1 Å². The monoisotopic (exact) mass is 284 g/mol. The SMILES string of the molecule is c1cc(CCC2C3CC4CC(C3)CC2C4)c2c(c1)OCO2. The van der Waals surface area contributed by atoms with Crippen LogP contribution in [-0.2, 0) is 6.42 Å². The summed E-state index contributed by atoms with van der Waals surface area (Å²) in [6.07, 6.45) is 10.2. The topological polar surface area (TPSA) is 18.5 Å². The van der Waals surface area contributed by atoms with Crippen LogP contribution in [0.4, 0.5) is 0 Å². The number of hydrogen-bond donors (Lipinski definition) is 0. The Morgan fingerprint density at radius 1 is 0.905 bits per heavy atom. The summed E-state index contributed by atoms with van der Waals surface area (Å²) in [6, 6.07) is 6.36. The maximum Gasteiger partial charge on any atom is 0.231 e. The van der Waals surface area contributed by atoms with E-state index < -0.39 is 0 Å². The van der Waals surface area contributed by atoms with Gasteiger partial charge in [-0.15, -0.1) is 0 Å². The van der Waals surface area contributed by atoms with Crippen molar-refractivity contribution in [3.63, 3.8) is 0 Å². The van der Waals surface area contributed by atoms with E-state index in [1.165, 1.54) is 44.1 Å². The van der Waals surface area contributed by atoms with Crippen molar-refractivity contribution in [2.45, 2.75) is 44.9 Å². The maximum atomic E-state index is 5.67. The van der Waals surface area contributed by atoms with Gasteiger partial charge in [-0.3, -0.25) is 0 Å². The van der Waals surface area contributed by atoms with Crippen LogP contribution < -0.4 is 9.47 Å². The highest BCUT2D eigenvalue weighted by molar-refractivity contribution is 5.48.